The zero-order valence-electron chi connectivity index (χ0n) is 15.4. The van der Waals surface area contributed by atoms with Crippen LogP contribution in [-0.4, -0.2) is 65.3 Å². The molecule has 0 N–H and O–H groups in total. The summed E-state index contributed by atoms with van der Waals surface area (Å²) in [5.41, 5.74) is -2.24. The van der Waals surface area contributed by atoms with E-state index in [9.17, 15) is 26.4 Å². The number of sulfonamides is 1. The molecule has 2 aliphatic heterocycles. The Hall–Kier alpha value is -1.82. The van der Waals surface area contributed by atoms with Crippen molar-refractivity contribution in [3.05, 3.63) is 11.8 Å². The van der Waals surface area contributed by atoms with Crippen molar-refractivity contribution >= 4 is 16.1 Å². The van der Waals surface area contributed by atoms with Crippen molar-refractivity contribution in [3.63, 3.8) is 0 Å². The van der Waals surface area contributed by atoms with E-state index in [0.29, 0.717) is 19.2 Å². The van der Waals surface area contributed by atoms with Crippen molar-refractivity contribution in [2.24, 2.45) is 12.5 Å². The molecule has 3 heterocycles. The Kier molecular flexibility index (Phi) is 4.31. The molecule has 0 unspecified atom stereocenters. The summed E-state index contributed by atoms with van der Waals surface area (Å²) in [6, 6.07) is 0.536. The maximum Gasteiger partial charge on any atom is 0.435 e. The summed E-state index contributed by atoms with van der Waals surface area (Å²) in [6.07, 6.45) is -5.18. The van der Waals surface area contributed by atoms with E-state index in [1.165, 1.54) is 4.90 Å². The summed E-state index contributed by atoms with van der Waals surface area (Å²) in [4.78, 5) is 13.5. The van der Waals surface area contributed by atoms with Crippen molar-refractivity contribution < 1.29 is 31.1 Å². The molecule has 8 nitrogen and oxygen atoms in total. The minimum Gasteiger partial charge on any atom is -0.444 e. The molecule has 0 bridgehead atoms. The fraction of sp³-hybridized carbons (Fsp3) is 0.733. The molecule has 1 aromatic heterocycles. The maximum atomic E-state index is 12.8. The first-order valence-electron chi connectivity index (χ1n) is 8.22. The number of carbonyl (C=O) groups excluding carboxylic acids is 1. The Balaban J connectivity index is 1.63. The van der Waals surface area contributed by atoms with E-state index >= 15 is 0 Å². The number of carbonyl (C=O) groups is 1. The minimum absolute atomic E-state index is 0.140. The molecule has 152 valence electrons. The maximum absolute atomic E-state index is 12.8. The highest BCUT2D eigenvalue weighted by molar-refractivity contribution is 7.89. The summed E-state index contributed by atoms with van der Waals surface area (Å²) >= 11 is 0. The molecule has 0 radical (unpaired) electrons. The highest BCUT2D eigenvalue weighted by Crippen LogP contribution is 2.43. The molecule has 0 aliphatic carbocycles. The lowest BCUT2D eigenvalue weighted by Gasteiger charge is -2.58. The van der Waals surface area contributed by atoms with Crippen LogP contribution in [0, 0.1) is 5.41 Å². The quantitative estimate of drug-likeness (QED) is 0.741. The minimum atomic E-state index is -4.72. The van der Waals surface area contributed by atoms with Gasteiger partial charge in [0.15, 0.2) is 10.7 Å². The van der Waals surface area contributed by atoms with Crippen molar-refractivity contribution in [1.29, 1.82) is 0 Å². The smallest absolute Gasteiger partial charge is 0.435 e. The first-order chi connectivity index (χ1) is 12.1. The fourth-order valence-electron chi connectivity index (χ4n) is 3.25. The third kappa shape index (κ3) is 3.64. The number of aryl methyl sites for hydroxylation is 1. The second-order valence-electron chi connectivity index (χ2n) is 8.10. The van der Waals surface area contributed by atoms with Gasteiger partial charge >= 0.3 is 12.3 Å². The average Bonchev–Trinajstić information content (AvgIpc) is 2.75. The Morgan fingerprint density at radius 2 is 1.74 bits per heavy atom. The second kappa shape index (κ2) is 5.84. The summed E-state index contributed by atoms with van der Waals surface area (Å²) in [6.45, 7) is 6.24. The van der Waals surface area contributed by atoms with Crippen LogP contribution in [-0.2, 0) is 28.0 Å². The first-order valence-corrected chi connectivity index (χ1v) is 9.66. The predicted octanol–water partition coefficient (Wildman–Crippen LogP) is 1.68. The zero-order valence-corrected chi connectivity index (χ0v) is 16.2. The van der Waals surface area contributed by atoms with E-state index in [4.69, 9.17) is 4.74 Å². The SMILES string of the molecule is Cn1nc(C(F)(F)F)cc1S(=O)(=O)N1CC2(CN(C(=O)OC(C)(C)C)C2)C1. The van der Waals surface area contributed by atoms with Crippen LogP contribution >= 0.6 is 0 Å². The highest BCUT2D eigenvalue weighted by atomic mass is 32.2. The van der Waals surface area contributed by atoms with Crippen molar-refractivity contribution in [2.75, 3.05) is 26.2 Å². The topological polar surface area (TPSA) is 84.7 Å². The molecule has 1 aromatic rings. The molecule has 1 spiro atoms. The Bertz CT molecular complexity index is 859. The van der Waals surface area contributed by atoms with Gasteiger partial charge in [-0.3, -0.25) is 4.68 Å². The van der Waals surface area contributed by atoms with Crippen LogP contribution in [0.25, 0.3) is 0 Å². The van der Waals surface area contributed by atoms with Crippen LogP contribution in [0.2, 0.25) is 0 Å². The molecular formula is C15H21F3N4O4S. The number of nitrogens with zero attached hydrogens (tertiary/aromatic N) is 4. The van der Waals surface area contributed by atoms with Gasteiger partial charge < -0.3 is 9.64 Å². The lowest BCUT2D eigenvalue weighted by molar-refractivity contribution is -0.141. The number of aromatic nitrogens is 2. The lowest BCUT2D eigenvalue weighted by Crippen LogP contribution is -2.73. The largest absolute Gasteiger partial charge is 0.444 e. The Morgan fingerprint density at radius 1 is 1.19 bits per heavy atom. The molecule has 0 aromatic carbocycles. The van der Waals surface area contributed by atoms with Crippen LogP contribution in [0.1, 0.15) is 26.5 Å². The molecule has 2 fully saturated rings. The van der Waals surface area contributed by atoms with E-state index in [1.54, 1.807) is 20.8 Å². The van der Waals surface area contributed by atoms with Gasteiger partial charge in [0.2, 0.25) is 0 Å². The number of ether oxygens (including phenoxy) is 1. The van der Waals surface area contributed by atoms with Gasteiger partial charge in [-0.15, -0.1) is 0 Å². The molecule has 0 saturated carbocycles. The van der Waals surface area contributed by atoms with Gasteiger partial charge in [0.05, 0.1) is 0 Å². The normalized spacial score (nSPS) is 20.3. The standard InChI is InChI=1S/C15H21F3N4O4S/c1-13(2,3)26-12(23)21-6-14(7-21)8-22(9-14)27(24,25)11-5-10(15(16,17)18)19-20(11)4/h5H,6-9H2,1-4H3. The van der Waals surface area contributed by atoms with Gasteiger partial charge in [-0.2, -0.15) is 22.6 Å². The number of likely N-dealkylation sites (tertiary alicyclic amines) is 1. The third-order valence-electron chi connectivity index (χ3n) is 4.46. The van der Waals surface area contributed by atoms with Gasteiger partial charge in [0.25, 0.3) is 10.0 Å². The van der Waals surface area contributed by atoms with E-state index in [1.807, 2.05) is 0 Å². The monoisotopic (exact) mass is 410 g/mol. The van der Waals surface area contributed by atoms with Crippen molar-refractivity contribution in [2.45, 2.75) is 37.6 Å². The van der Waals surface area contributed by atoms with Gasteiger partial charge in [-0.25, -0.2) is 13.2 Å². The summed E-state index contributed by atoms with van der Waals surface area (Å²) in [7, 11) is -2.93. The second-order valence-corrected chi connectivity index (χ2v) is 9.98. The Labute approximate surface area is 154 Å². The molecule has 27 heavy (non-hydrogen) atoms. The van der Waals surface area contributed by atoms with Crippen LogP contribution in [0.3, 0.4) is 0 Å². The number of rotatable bonds is 2. The first kappa shape index (κ1) is 19.9. The molecule has 2 aliphatic rings. The van der Waals surface area contributed by atoms with Gasteiger partial charge in [0.1, 0.15) is 5.60 Å². The number of amides is 1. The number of hydrogen-bond acceptors (Lipinski definition) is 5. The number of alkyl halides is 3. The summed E-state index contributed by atoms with van der Waals surface area (Å²) in [5.74, 6) is 0. The molecule has 0 atom stereocenters. The van der Waals surface area contributed by atoms with Crippen LogP contribution in [0.15, 0.2) is 11.1 Å². The number of halogens is 3. The third-order valence-corrected chi connectivity index (χ3v) is 6.31. The van der Waals surface area contributed by atoms with E-state index < -0.39 is 38.6 Å². The summed E-state index contributed by atoms with van der Waals surface area (Å²) < 4.78 is 70.5. The number of hydrogen-bond donors (Lipinski definition) is 0. The highest BCUT2D eigenvalue weighted by Gasteiger charge is 2.57. The van der Waals surface area contributed by atoms with Crippen LogP contribution in [0.4, 0.5) is 18.0 Å². The summed E-state index contributed by atoms with van der Waals surface area (Å²) in [5, 5.41) is 2.74. The van der Waals surface area contributed by atoms with Crippen LogP contribution < -0.4 is 0 Å². The zero-order chi connectivity index (χ0) is 20.4. The lowest BCUT2D eigenvalue weighted by atomic mass is 9.75. The fourth-order valence-corrected chi connectivity index (χ4v) is 5.04. The van der Waals surface area contributed by atoms with Gasteiger partial charge in [-0.05, 0) is 20.8 Å². The van der Waals surface area contributed by atoms with Crippen LogP contribution in [0.5, 0.6) is 0 Å². The average molecular weight is 410 g/mol. The molecule has 3 rings (SSSR count). The van der Waals surface area contributed by atoms with E-state index in [0.717, 1.165) is 16.0 Å². The molecular weight excluding hydrogens is 389 g/mol. The van der Waals surface area contributed by atoms with Gasteiger partial charge in [-0.1, -0.05) is 0 Å². The van der Waals surface area contributed by atoms with Crippen molar-refractivity contribution in [1.82, 2.24) is 19.0 Å². The van der Waals surface area contributed by atoms with E-state index in [2.05, 4.69) is 5.10 Å². The molecule has 1 amide bonds. The van der Waals surface area contributed by atoms with Crippen molar-refractivity contribution in [3.8, 4) is 0 Å². The van der Waals surface area contributed by atoms with Gasteiger partial charge in [0, 0.05) is 44.7 Å². The Morgan fingerprint density at radius 3 is 2.19 bits per heavy atom. The molecule has 12 heteroatoms. The van der Waals surface area contributed by atoms with E-state index in [-0.39, 0.29) is 18.5 Å². The molecule has 2 saturated heterocycles. The predicted molar refractivity (Wildman–Crippen MR) is 87.2 cm³/mol.